The SMILES string of the molecule is C[C@H](n1c(-c2ccc3ccccc3n2)n[nH]c1=S)C12CC3CC(CC(C3)C1)C2. The van der Waals surface area contributed by atoms with E-state index in [0.29, 0.717) is 11.5 Å². The Morgan fingerprint density at radius 3 is 2.43 bits per heavy atom. The Morgan fingerprint density at radius 2 is 1.71 bits per heavy atom. The Kier molecular flexibility index (Phi) is 3.62. The Morgan fingerprint density at radius 1 is 1.04 bits per heavy atom. The summed E-state index contributed by atoms with van der Waals surface area (Å²) in [5.74, 6) is 3.67. The van der Waals surface area contributed by atoms with E-state index < -0.39 is 0 Å². The summed E-state index contributed by atoms with van der Waals surface area (Å²) in [6, 6.07) is 12.8. The van der Waals surface area contributed by atoms with Crippen molar-refractivity contribution in [2.75, 3.05) is 0 Å². The van der Waals surface area contributed by atoms with E-state index in [4.69, 9.17) is 17.2 Å². The lowest BCUT2D eigenvalue weighted by Gasteiger charge is -2.59. The summed E-state index contributed by atoms with van der Waals surface area (Å²) in [5.41, 5.74) is 2.29. The van der Waals surface area contributed by atoms with Crippen LogP contribution in [0.25, 0.3) is 22.4 Å². The molecule has 2 aromatic heterocycles. The quantitative estimate of drug-likeness (QED) is 0.564. The van der Waals surface area contributed by atoms with Crippen molar-refractivity contribution in [1.82, 2.24) is 19.7 Å². The molecular formula is C23H26N4S. The average molecular weight is 391 g/mol. The van der Waals surface area contributed by atoms with Gasteiger partial charge in [0.2, 0.25) is 0 Å². The Bertz CT molecular complexity index is 1080. The number of aromatic nitrogens is 4. The molecule has 4 fully saturated rings. The van der Waals surface area contributed by atoms with Gasteiger partial charge in [-0.15, -0.1) is 0 Å². The largest absolute Gasteiger partial charge is 0.295 e. The van der Waals surface area contributed by atoms with Gasteiger partial charge >= 0.3 is 0 Å². The van der Waals surface area contributed by atoms with Crippen molar-refractivity contribution in [3.63, 3.8) is 0 Å². The molecule has 0 saturated heterocycles. The number of H-pyrrole nitrogens is 1. The van der Waals surface area contributed by atoms with Crippen LogP contribution in [-0.2, 0) is 0 Å². The van der Waals surface area contributed by atoms with Crippen molar-refractivity contribution in [2.45, 2.75) is 51.5 Å². The van der Waals surface area contributed by atoms with Crippen LogP contribution in [-0.4, -0.2) is 19.7 Å². The monoisotopic (exact) mass is 390 g/mol. The third kappa shape index (κ3) is 2.45. The third-order valence-corrected chi connectivity index (χ3v) is 8.18. The zero-order valence-corrected chi connectivity index (χ0v) is 17.1. The van der Waals surface area contributed by atoms with Gasteiger partial charge in [0.25, 0.3) is 0 Å². The molecule has 4 nitrogen and oxygen atoms in total. The highest BCUT2D eigenvalue weighted by Crippen LogP contribution is 2.63. The minimum atomic E-state index is 0.357. The van der Waals surface area contributed by atoms with E-state index in [1.807, 2.05) is 6.07 Å². The van der Waals surface area contributed by atoms with Gasteiger partial charge in [0, 0.05) is 11.4 Å². The smallest absolute Gasteiger partial charge is 0.195 e. The van der Waals surface area contributed by atoms with E-state index >= 15 is 0 Å². The first kappa shape index (κ1) is 16.9. The fraction of sp³-hybridized carbons (Fsp3) is 0.522. The van der Waals surface area contributed by atoms with Crippen LogP contribution in [0.5, 0.6) is 0 Å². The highest BCUT2D eigenvalue weighted by molar-refractivity contribution is 7.71. The Hall–Kier alpha value is -2.01. The Labute approximate surface area is 170 Å². The van der Waals surface area contributed by atoms with E-state index in [2.05, 4.69) is 52.0 Å². The fourth-order valence-corrected chi connectivity index (χ4v) is 7.29. The Balaban J connectivity index is 1.44. The standard InChI is InChI=1S/C23H26N4S/c1-14(23-11-15-8-16(12-23)10-17(9-15)13-23)27-21(25-26-22(27)28)20-7-6-18-4-2-3-5-19(18)24-20/h2-7,14-17H,8-13H2,1H3,(H,26,28)/t14-,15?,16?,17?,23?/m0/s1. The van der Waals surface area contributed by atoms with E-state index in [1.165, 1.54) is 38.5 Å². The summed E-state index contributed by atoms with van der Waals surface area (Å²) in [4.78, 5) is 4.90. The normalized spacial score (nSPS) is 32.1. The number of pyridine rings is 1. The summed E-state index contributed by atoms with van der Waals surface area (Å²) in [7, 11) is 0. The van der Waals surface area contributed by atoms with Gasteiger partial charge in [-0.05, 0) is 93.0 Å². The molecule has 0 radical (unpaired) electrons. The van der Waals surface area contributed by atoms with Crippen LogP contribution in [0.3, 0.4) is 0 Å². The molecule has 3 aromatic rings. The van der Waals surface area contributed by atoms with Crippen LogP contribution < -0.4 is 0 Å². The maximum atomic E-state index is 5.72. The number of benzene rings is 1. The maximum Gasteiger partial charge on any atom is 0.195 e. The van der Waals surface area contributed by atoms with Crippen molar-refractivity contribution in [2.24, 2.45) is 23.2 Å². The molecule has 0 amide bonds. The maximum absolute atomic E-state index is 5.72. The molecule has 2 heterocycles. The molecule has 0 aliphatic heterocycles. The van der Waals surface area contributed by atoms with Crippen LogP contribution in [0.4, 0.5) is 0 Å². The topological polar surface area (TPSA) is 46.5 Å². The van der Waals surface area contributed by atoms with Crippen molar-refractivity contribution >= 4 is 23.1 Å². The fourth-order valence-electron chi connectivity index (χ4n) is 7.00. The molecule has 0 unspecified atom stereocenters. The molecule has 1 atom stereocenters. The van der Waals surface area contributed by atoms with Crippen molar-refractivity contribution in [1.29, 1.82) is 0 Å². The van der Waals surface area contributed by atoms with Gasteiger partial charge in [-0.25, -0.2) is 4.98 Å². The minimum Gasteiger partial charge on any atom is -0.295 e. The van der Waals surface area contributed by atoms with Gasteiger partial charge in [-0.2, -0.15) is 5.10 Å². The second kappa shape index (κ2) is 5.99. The number of rotatable bonds is 3. The highest BCUT2D eigenvalue weighted by atomic mass is 32.1. The molecule has 5 heteroatoms. The van der Waals surface area contributed by atoms with Crippen LogP contribution in [0, 0.1) is 27.9 Å². The number of nitrogens with one attached hydrogen (secondary N) is 1. The zero-order valence-electron chi connectivity index (χ0n) is 16.3. The zero-order chi connectivity index (χ0) is 18.9. The number of para-hydroxylation sites is 1. The number of nitrogens with zero attached hydrogens (tertiary/aromatic N) is 3. The molecule has 4 saturated carbocycles. The second-order valence-corrected chi connectivity index (χ2v) is 9.95. The van der Waals surface area contributed by atoms with Gasteiger partial charge < -0.3 is 0 Å². The van der Waals surface area contributed by atoms with E-state index in [-0.39, 0.29) is 0 Å². The molecule has 0 spiro atoms. The van der Waals surface area contributed by atoms with Crippen molar-refractivity contribution < 1.29 is 0 Å². The third-order valence-electron chi connectivity index (χ3n) is 7.89. The predicted octanol–water partition coefficient (Wildman–Crippen LogP) is 5.93. The molecule has 4 aliphatic rings. The number of hydrogen-bond acceptors (Lipinski definition) is 3. The molecule has 1 aromatic carbocycles. The van der Waals surface area contributed by atoms with Gasteiger partial charge in [-0.3, -0.25) is 9.67 Å². The lowest BCUT2D eigenvalue weighted by molar-refractivity contribution is -0.0788. The van der Waals surface area contributed by atoms with Gasteiger partial charge in [0.1, 0.15) is 5.69 Å². The van der Waals surface area contributed by atoms with Gasteiger partial charge in [-0.1, -0.05) is 24.3 Å². The molecular weight excluding hydrogens is 364 g/mol. The van der Waals surface area contributed by atoms with Crippen LogP contribution >= 0.6 is 12.2 Å². The minimum absolute atomic E-state index is 0.357. The molecule has 1 N–H and O–H groups in total. The van der Waals surface area contributed by atoms with Crippen LogP contribution in [0.15, 0.2) is 36.4 Å². The summed E-state index contributed by atoms with van der Waals surface area (Å²) in [5, 5.41) is 8.85. The molecule has 4 bridgehead atoms. The second-order valence-electron chi connectivity index (χ2n) is 9.57. The van der Waals surface area contributed by atoms with Crippen LogP contribution in [0.2, 0.25) is 0 Å². The average Bonchev–Trinajstić information content (AvgIpc) is 3.07. The number of fused-ring (bicyclic) bond motifs is 1. The van der Waals surface area contributed by atoms with Gasteiger partial charge in [0.05, 0.1) is 5.52 Å². The first-order chi connectivity index (χ1) is 13.6. The lowest BCUT2D eigenvalue weighted by Crippen LogP contribution is -2.49. The van der Waals surface area contributed by atoms with Crippen molar-refractivity contribution in [3.05, 3.63) is 41.2 Å². The first-order valence-electron chi connectivity index (χ1n) is 10.6. The van der Waals surface area contributed by atoms with Gasteiger partial charge in [0.15, 0.2) is 10.6 Å². The van der Waals surface area contributed by atoms with Crippen LogP contribution in [0.1, 0.15) is 51.5 Å². The van der Waals surface area contributed by atoms with E-state index in [9.17, 15) is 0 Å². The van der Waals surface area contributed by atoms with Crippen molar-refractivity contribution in [3.8, 4) is 11.5 Å². The van der Waals surface area contributed by atoms with E-state index in [0.717, 1.165) is 44.9 Å². The highest BCUT2D eigenvalue weighted by Gasteiger charge is 2.54. The van der Waals surface area contributed by atoms with E-state index in [1.54, 1.807) is 0 Å². The summed E-state index contributed by atoms with van der Waals surface area (Å²) in [6.07, 6.45) is 8.46. The summed E-state index contributed by atoms with van der Waals surface area (Å²) < 4.78 is 3.01. The molecule has 28 heavy (non-hydrogen) atoms. The molecule has 7 rings (SSSR count). The lowest BCUT2D eigenvalue weighted by atomic mass is 9.48. The first-order valence-corrected chi connectivity index (χ1v) is 11.1. The number of aromatic amines is 1. The molecule has 144 valence electrons. The number of hydrogen-bond donors (Lipinski definition) is 1. The summed E-state index contributed by atoms with van der Waals surface area (Å²) in [6.45, 7) is 2.38. The summed E-state index contributed by atoms with van der Waals surface area (Å²) >= 11 is 5.72. The predicted molar refractivity (Wildman–Crippen MR) is 113 cm³/mol. The molecule has 4 aliphatic carbocycles.